The quantitative estimate of drug-likeness (QED) is 0.808. The van der Waals surface area contributed by atoms with Crippen LogP contribution in [0.25, 0.3) is 5.65 Å². The zero-order chi connectivity index (χ0) is 15.7. The van der Waals surface area contributed by atoms with Gasteiger partial charge in [0.2, 0.25) is 0 Å². The number of aromatic nitrogens is 3. The van der Waals surface area contributed by atoms with Crippen LogP contribution in [0.3, 0.4) is 0 Å². The van der Waals surface area contributed by atoms with E-state index in [1.54, 1.807) is 22.7 Å². The van der Waals surface area contributed by atoms with E-state index < -0.39 is 0 Å². The lowest BCUT2D eigenvalue weighted by Gasteiger charge is -2.06. The van der Waals surface area contributed by atoms with Crippen molar-refractivity contribution >= 4 is 11.6 Å². The minimum atomic E-state index is -0.340. The molecule has 0 bridgehead atoms. The highest BCUT2D eigenvalue weighted by Crippen LogP contribution is 2.12. The topological polar surface area (TPSA) is 59.3 Å². The first-order valence-corrected chi connectivity index (χ1v) is 6.90. The molecular weight excluding hydrogens is 283 g/mol. The molecule has 0 spiro atoms. The largest absolute Gasteiger partial charge is 0.348 e. The van der Waals surface area contributed by atoms with Crippen LogP contribution in [0.5, 0.6) is 0 Å². The zero-order valence-corrected chi connectivity index (χ0v) is 12.3. The molecule has 6 heteroatoms. The van der Waals surface area contributed by atoms with Gasteiger partial charge in [-0.1, -0.05) is 18.2 Å². The molecule has 1 N–H and O–H groups in total. The fraction of sp³-hybridized carbons (Fsp3) is 0.188. The summed E-state index contributed by atoms with van der Waals surface area (Å²) in [5, 5.41) is 6.87. The van der Waals surface area contributed by atoms with Crippen LogP contribution in [0.2, 0.25) is 0 Å². The summed E-state index contributed by atoms with van der Waals surface area (Å²) in [7, 11) is 0. The molecule has 0 saturated heterocycles. The minimum Gasteiger partial charge on any atom is -0.348 e. The maximum absolute atomic E-state index is 13.6. The van der Waals surface area contributed by atoms with Crippen LogP contribution in [0, 0.1) is 19.7 Å². The Morgan fingerprint density at radius 3 is 2.86 bits per heavy atom. The molecule has 0 fully saturated rings. The van der Waals surface area contributed by atoms with Crippen molar-refractivity contribution in [2.45, 2.75) is 20.4 Å². The van der Waals surface area contributed by atoms with Crippen molar-refractivity contribution in [3.63, 3.8) is 0 Å². The van der Waals surface area contributed by atoms with Crippen molar-refractivity contribution in [1.82, 2.24) is 19.9 Å². The molecule has 1 aromatic carbocycles. The van der Waals surface area contributed by atoms with E-state index in [1.807, 2.05) is 19.9 Å². The molecule has 5 nitrogen and oxygen atoms in total. The summed E-state index contributed by atoms with van der Waals surface area (Å²) in [4.78, 5) is 16.7. The Balaban J connectivity index is 1.85. The highest BCUT2D eigenvalue weighted by atomic mass is 19.1. The van der Waals surface area contributed by atoms with Crippen molar-refractivity contribution in [3.8, 4) is 0 Å². The van der Waals surface area contributed by atoms with Crippen molar-refractivity contribution in [2.75, 3.05) is 0 Å². The summed E-state index contributed by atoms with van der Waals surface area (Å²) < 4.78 is 15.2. The van der Waals surface area contributed by atoms with Gasteiger partial charge in [0, 0.05) is 23.5 Å². The van der Waals surface area contributed by atoms with Gasteiger partial charge in [-0.25, -0.2) is 13.9 Å². The number of nitrogens with zero attached hydrogens (tertiary/aromatic N) is 3. The molecule has 1 amide bonds. The third-order valence-electron chi connectivity index (χ3n) is 3.42. The number of hydrogen-bond donors (Lipinski definition) is 1. The molecule has 2 aromatic heterocycles. The van der Waals surface area contributed by atoms with E-state index >= 15 is 0 Å². The average Bonchev–Trinajstić information content (AvgIpc) is 2.90. The van der Waals surface area contributed by atoms with Gasteiger partial charge >= 0.3 is 0 Å². The van der Waals surface area contributed by atoms with Gasteiger partial charge in [-0.2, -0.15) is 5.10 Å². The number of nitrogens with one attached hydrogen (secondary N) is 1. The van der Waals surface area contributed by atoms with Crippen LogP contribution in [-0.2, 0) is 6.54 Å². The molecule has 0 aliphatic heterocycles. The average molecular weight is 298 g/mol. The smallest absolute Gasteiger partial charge is 0.257 e. The normalized spacial score (nSPS) is 10.9. The Bertz CT molecular complexity index is 856. The number of benzene rings is 1. The molecule has 0 atom stereocenters. The number of fused-ring (bicyclic) bond motifs is 1. The minimum absolute atomic E-state index is 0.119. The maximum atomic E-state index is 13.6. The van der Waals surface area contributed by atoms with Gasteiger partial charge in [0.25, 0.3) is 5.91 Å². The molecule has 0 saturated carbocycles. The second-order valence-electron chi connectivity index (χ2n) is 5.11. The Morgan fingerprint density at radius 2 is 2.09 bits per heavy atom. The van der Waals surface area contributed by atoms with Gasteiger partial charge < -0.3 is 5.32 Å². The van der Waals surface area contributed by atoms with Crippen LogP contribution in [0.1, 0.15) is 27.3 Å². The molecule has 0 unspecified atom stereocenters. The Kier molecular flexibility index (Phi) is 3.58. The molecule has 0 aliphatic rings. The van der Waals surface area contributed by atoms with Crippen molar-refractivity contribution in [2.24, 2.45) is 0 Å². The molecule has 0 radical (unpaired) electrons. The highest BCUT2D eigenvalue weighted by molar-refractivity contribution is 5.99. The van der Waals surface area contributed by atoms with Gasteiger partial charge in [0.05, 0.1) is 6.20 Å². The summed E-state index contributed by atoms with van der Waals surface area (Å²) in [6.45, 7) is 3.88. The molecule has 3 aromatic rings. The SMILES string of the molecule is Cc1cc(C)n2ncc(C(=O)NCc3ccccc3F)c2n1. The number of aryl methyl sites for hydroxylation is 2. The van der Waals surface area contributed by atoms with E-state index in [2.05, 4.69) is 15.4 Å². The predicted molar refractivity (Wildman–Crippen MR) is 80.0 cm³/mol. The molecule has 22 heavy (non-hydrogen) atoms. The molecular formula is C16H15FN4O. The number of carbonyl (C=O) groups is 1. The zero-order valence-electron chi connectivity index (χ0n) is 12.3. The summed E-state index contributed by atoms with van der Waals surface area (Å²) in [5.41, 5.74) is 3.03. The van der Waals surface area contributed by atoms with Gasteiger partial charge in [-0.05, 0) is 26.0 Å². The molecule has 3 rings (SSSR count). The van der Waals surface area contributed by atoms with E-state index in [4.69, 9.17) is 0 Å². The third-order valence-corrected chi connectivity index (χ3v) is 3.42. The van der Waals surface area contributed by atoms with E-state index in [0.29, 0.717) is 16.8 Å². The highest BCUT2D eigenvalue weighted by Gasteiger charge is 2.15. The first-order valence-electron chi connectivity index (χ1n) is 6.90. The maximum Gasteiger partial charge on any atom is 0.257 e. The number of halogens is 1. The molecule has 2 heterocycles. The second-order valence-corrected chi connectivity index (χ2v) is 5.11. The van der Waals surface area contributed by atoms with Crippen LogP contribution >= 0.6 is 0 Å². The van der Waals surface area contributed by atoms with Crippen LogP contribution in [-0.4, -0.2) is 20.5 Å². The van der Waals surface area contributed by atoms with Crippen LogP contribution in [0.15, 0.2) is 36.5 Å². The van der Waals surface area contributed by atoms with Gasteiger partial charge in [-0.15, -0.1) is 0 Å². The third kappa shape index (κ3) is 2.55. The van der Waals surface area contributed by atoms with Gasteiger partial charge in [0.1, 0.15) is 11.4 Å². The second kappa shape index (κ2) is 5.55. The predicted octanol–water partition coefficient (Wildman–Crippen LogP) is 2.42. The van der Waals surface area contributed by atoms with Crippen molar-refractivity contribution < 1.29 is 9.18 Å². The standard InChI is InChI=1S/C16H15FN4O/c1-10-7-11(2)21-15(20-10)13(9-19-21)16(22)18-8-12-5-3-4-6-14(12)17/h3-7,9H,8H2,1-2H3,(H,18,22). The van der Waals surface area contributed by atoms with Crippen LogP contribution < -0.4 is 5.32 Å². The van der Waals surface area contributed by atoms with E-state index in [1.165, 1.54) is 12.3 Å². The summed E-state index contributed by atoms with van der Waals surface area (Å²) in [6, 6.07) is 8.24. The Hall–Kier alpha value is -2.76. The summed E-state index contributed by atoms with van der Waals surface area (Å²) >= 11 is 0. The molecule has 112 valence electrons. The fourth-order valence-corrected chi connectivity index (χ4v) is 2.34. The lowest BCUT2D eigenvalue weighted by atomic mass is 10.2. The Labute approximate surface area is 126 Å². The van der Waals surface area contributed by atoms with E-state index in [9.17, 15) is 9.18 Å². The van der Waals surface area contributed by atoms with Gasteiger partial charge in [0.15, 0.2) is 5.65 Å². The Morgan fingerprint density at radius 1 is 1.32 bits per heavy atom. The van der Waals surface area contributed by atoms with Crippen molar-refractivity contribution in [3.05, 3.63) is 64.9 Å². The first kappa shape index (κ1) is 14.2. The number of carbonyl (C=O) groups excluding carboxylic acids is 1. The number of hydrogen-bond acceptors (Lipinski definition) is 3. The van der Waals surface area contributed by atoms with Gasteiger partial charge in [-0.3, -0.25) is 4.79 Å². The number of amides is 1. The summed E-state index contributed by atoms with van der Waals surface area (Å²) in [5.74, 6) is -0.664. The molecule has 0 aliphatic carbocycles. The fourth-order valence-electron chi connectivity index (χ4n) is 2.34. The number of rotatable bonds is 3. The van der Waals surface area contributed by atoms with E-state index in [-0.39, 0.29) is 18.3 Å². The summed E-state index contributed by atoms with van der Waals surface area (Å²) in [6.07, 6.45) is 1.48. The lowest BCUT2D eigenvalue weighted by Crippen LogP contribution is -2.23. The van der Waals surface area contributed by atoms with Crippen molar-refractivity contribution in [1.29, 1.82) is 0 Å². The van der Waals surface area contributed by atoms with E-state index in [0.717, 1.165) is 11.4 Å². The first-order chi connectivity index (χ1) is 10.6. The monoisotopic (exact) mass is 298 g/mol. The van der Waals surface area contributed by atoms with Crippen LogP contribution in [0.4, 0.5) is 4.39 Å². The lowest BCUT2D eigenvalue weighted by molar-refractivity contribution is 0.0952.